The van der Waals surface area contributed by atoms with E-state index in [0.717, 1.165) is 22.3 Å². The summed E-state index contributed by atoms with van der Waals surface area (Å²) in [4.78, 5) is 26.3. The summed E-state index contributed by atoms with van der Waals surface area (Å²) >= 11 is 0. The zero-order valence-electron chi connectivity index (χ0n) is 18.2. The summed E-state index contributed by atoms with van der Waals surface area (Å²) in [5.74, 6) is -1.46. The van der Waals surface area contributed by atoms with Crippen molar-refractivity contribution in [2.24, 2.45) is 5.73 Å². The molecule has 4 N–H and O–H groups in total. The molecule has 9 nitrogen and oxygen atoms in total. The van der Waals surface area contributed by atoms with Gasteiger partial charge in [-0.3, -0.25) is 4.98 Å². The molecule has 0 saturated carbocycles. The maximum Gasteiger partial charge on any atom is 1.00 e. The van der Waals surface area contributed by atoms with Crippen LogP contribution in [0.25, 0.3) is 5.65 Å². The zero-order valence-corrected chi connectivity index (χ0v) is 18.2. The van der Waals surface area contributed by atoms with Crippen LogP contribution in [-0.4, -0.2) is 49.1 Å². The Bertz CT molecular complexity index is 1100. The Kier molecular flexibility index (Phi) is 9.26. The molecule has 2 atom stereocenters. The Morgan fingerprint density at radius 3 is 2.59 bits per heavy atom. The molecular formula is C21H23FLiN4O5-. The molecule has 0 fully saturated rings. The van der Waals surface area contributed by atoms with Crippen molar-refractivity contribution in [1.29, 1.82) is 0 Å². The van der Waals surface area contributed by atoms with E-state index in [0.29, 0.717) is 6.42 Å². The van der Waals surface area contributed by atoms with Gasteiger partial charge < -0.3 is 25.8 Å². The smallest absolute Gasteiger partial charge is 0.870 e. The Hall–Kier alpha value is -2.61. The average Bonchev–Trinajstić information content (AvgIpc) is 3.20. The molecule has 2 aromatic heterocycles. The third-order valence-electron chi connectivity index (χ3n) is 4.40. The summed E-state index contributed by atoms with van der Waals surface area (Å²) in [6.45, 7) is 5.08. The predicted molar refractivity (Wildman–Crippen MR) is 108 cm³/mol. The molecule has 0 saturated heterocycles. The maximum atomic E-state index is 13.4. The number of hydrogen-bond acceptors (Lipinski definition) is 8. The Morgan fingerprint density at radius 2 is 2.00 bits per heavy atom. The second-order valence-corrected chi connectivity index (χ2v) is 7.85. The average molecular weight is 437 g/mol. The van der Waals surface area contributed by atoms with E-state index in [1.165, 1.54) is 11.8 Å². The van der Waals surface area contributed by atoms with Gasteiger partial charge in [-0.25, -0.2) is 13.7 Å². The van der Waals surface area contributed by atoms with Gasteiger partial charge in [0.25, 0.3) is 0 Å². The quantitative estimate of drug-likeness (QED) is 0.286. The van der Waals surface area contributed by atoms with Crippen LogP contribution in [0.3, 0.4) is 0 Å². The summed E-state index contributed by atoms with van der Waals surface area (Å²) in [5.41, 5.74) is 6.82. The summed E-state index contributed by atoms with van der Waals surface area (Å²) < 4.78 is 19.6. The van der Waals surface area contributed by atoms with Crippen molar-refractivity contribution in [3.8, 4) is 0 Å². The van der Waals surface area contributed by atoms with E-state index in [2.05, 4.69) is 10.1 Å². The van der Waals surface area contributed by atoms with Crippen LogP contribution in [0.15, 0.2) is 36.5 Å². The van der Waals surface area contributed by atoms with Crippen LogP contribution < -0.4 is 24.6 Å². The summed E-state index contributed by atoms with van der Waals surface area (Å²) in [5, 5.41) is 13.1. The molecule has 0 radical (unpaired) electrons. The number of halogens is 1. The molecule has 2 heterocycles. The van der Waals surface area contributed by atoms with Crippen LogP contribution in [0.5, 0.6) is 0 Å². The van der Waals surface area contributed by atoms with Gasteiger partial charge in [0, 0.05) is 12.7 Å². The number of benzene rings is 1. The number of aliphatic hydroxyl groups excluding tert-OH is 1. The molecule has 0 bridgehead atoms. The van der Waals surface area contributed by atoms with E-state index in [9.17, 15) is 19.1 Å². The minimum absolute atomic E-state index is 0. The molecule has 32 heavy (non-hydrogen) atoms. The van der Waals surface area contributed by atoms with Gasteiger partial charge in [0.2, 0.25) is 0 Å². The first-order valence-electron chi connectivity index (χ1n) is 9.28. The van der Waals surface area contributed by atoms with Crippen molar-refractivity contribution in [3.05, 3.63) is 64.9 Å². The van der Waals surface area contributed by atoms with E-state index >= 15 is 0 Å². The molecule has 1 aliphatic rings. The second-order valence-electron chi connectivity index (χ2n) is 7.85. The van der Waals surface area contributed by atoms with Crippen molar-refractivity contribution >= 4 is 17.9 Å². The molecule has 0 aliphatic heterocycles. The third kappa shape index (κ3) is 6.00. The monoisotopic (exact) mass is 437 g/mol. The third-order valence-corrected chi connectivity index (χ3v) is 4.40. The predicted octanol–water partition coefficient (Wildman–Crippen LogP) is -1.29. The fourth-order valence-corrected chi connectivity index (χ4v) is 3.07. The van der Waals surface area contributed by atoms with Crippen LogP contribution in [0.1, 0.15) is 54.1 Å². The van der Waals surface area contributed by atoms with Crippen molar-refractivity contribution in [1.82, 2.24) is 14.6 Å². The Labute approximate surface area is 196 Å². The standard InChI is InChI=1S/C12H11FN3O3.C9H11NO.Li.H2O/c1-12(2,3)19-11(18)9-4-7(6-17)15-10-8(13)5-14-16(9)10;10-9-7-4-2-1-3-6(7)5-8(9)11;;/h4-5H,1-3H3;1-4,8-9,11H,5,10H2;;1H2/q-1;;+1;/p-1/t;8-,9+;;/m.1../s1. The van der Waals surface area contributed by atoms with Gasteiger partial charge in [-0.15, -0.1) is 6.07 Å². The number of rotatable bonds is 2. The molecule has 0 spiro atoms. The van der Waals surface area contributed by atoms with Crippen LogP contribution in [0, 0.1) is 5.82 Å². The van der Waals surface area contributed by atoms with Crippen LogP contribution in [-0.2, 0) is 16.0 Å². The number of aliphatic hydroxyl groups is 1. The minimum atomic E-state index is -0.734. The number of nitrogens with two attached hydrogens (primary N) is 1. The van der Waals surface area contributed by atoms with E-state index in [4.69, 9.17) is 10.5 Å². The first kappa shape index (κ1) is 27.4. The molecular weight excluding hydrogens is 414 g/mol. The van der Waals surface area contributed by atoms with Crippen LogP contribution in [0.2, 0.25) is 0 Å². The molecule has 0 unspecified atom stereocenters. The number of ether oxygens (including phenoxy) is 1. The summed E-state index contributed by atoms with van der Waals surface area (Å²) in [6.07, 6.45) is 2.75. The number of aromatic nitrogens is 3. The van der Waals surface area contributed by atoms with Crippen molar-refractivity contribution in [2.45, 2.75) is 44.9 Å². The van der Waals surface area contributed by atoms with Gasteiger partial charge >= 0.3 is 24.8 Å². The first-order valence-corrected chi connectivity index (χ1v) is 9.28. The molecule has 1 aliphatic carbocycles. The van der Waals surface area contributed by atoms with Gasteiger partial charge in [-0.2, -0.15) is 5.10 Å². The van der Waals surface area contributed by atoms with Gasteiger partial charge in [0.15, 0.2) is 11.5 Å². The van der Waals surface area contributed by atoms with Gasteiger partial charge in [0.1, 0.15) is 5.60 Å². The number of hydrogen-bond donors (Lipinski definition) is 2. The molecule has 4 rings (SSSR count). The fraction of sp³-hybridized carbons (Fsp3) is 0.333. The maximum absolute atomic E-state index is 13.4. The Morgan fingerprint density at radius 1 is 1.34 bits per heavy atom. The number of carbonyl (C=O) groups excluding carboxylic acids is 2. The van der Waals surface area contributed by atoms with E-state index in [-0.39, 0.29) is 53.5 Å². The van der Waals surface area contributed by atoms with Crippen LogP contribution in [0.4, 0.5) is 4.39 Å². The van der Waals surface area contributed by atoms with E-state index < -0.39 is 17.4 Å². The van der Waals surface area contributed by atoms with E-state index in [1.807, 2.05) is 24.3 Å². The number of carbonyl (C=O) groups is 1. The molecule has 1 aromatic carbocycles. The Balaban J connectivity index is 0.000000338. The molecule has 166 valence electrons. The minimum Gasteiger partial charge on any atom is -0.870 e. The molecule has 0 amide bonds. The van der Waals surface area contributed by atoms with Gasteiger partial charge in [0.05, 0.1) is 24.0 Å². The molecule has 3 aromatic rings. The number of nitrogens with zero attached hydrogens (tertiary/aromatic N) is 3. The topological polar surface area (TPSA) is 150 Å². The number of esters is 1. The fourth-order valence-electron chi connectivity index (χ4n) is 3.07. The summed E-state index contributed by atoms with van der Waals surface area (Å²) in [6, 6.07) is 8.91. The largest absolute Gasteiger partial charge is 1.00 e. The second kappa shape index (κ2) is 10.8. The van der Waals surface area contributed by atoms with Crippen molar-refractivity contribution < 1.29 is 48.2 Å². The van der Waals surface area contributed by atoms with Crippen molar-refractivity contribution in [3.63, 3.8) is 0 Å². The first-order chi connectivity index (χ1) is 14.1. The normalized spacial score (nSPS) is 16.7. The number of fused-ring (bicyclic) bond motifs is 2. The zero-order chi connectivity index (χ0) is 22.1. The summed E-state index contributed by atoms with van der Waals surface area (Å²) in [7, 11) is 0. The van der Waals surface area contributed by atoms with Crippen LogP contribution >= 0.6 is 0 Å². The SMILES string of the molecule is CC(C)(C)OC(=O)c1cc([C-]=O)nc2c(F)cnn12.N[C@H]1c2ccccc2C[C@H]1O.[Li+].[OH-]. The van der Waals surface area contributed by atoms with Gasteiger partial charge in [-0.05, 0) is 31.9 Å². The van der Waals surface area contributed by atoms with Gasteiger partial charge in [-0.1, -0.05) is 30.0 Å². The van der Waals surface area contributed by atoms with E-state index in [1.54, 1.807) is 20.8 Å². The van der Waals surface area contributed by atoms with Crippen molar-refractivity contribution in [2.75, 3.05) is 0 Å². The molecule has 11 heteroatoms.